The molecule has 0 saturated heterocycles. The van der Waals surface area contributed by atoms with Crippen LogP contribution < -0.4 is 14.8 Å². The second kappa shape index (κ2) is 8.56. The van der Waals surface area contributed by atoms with E-state index in [0.29, 0.717) is 18.9 Å². The van der Waals surface area contributed by atoms with Gasteiger partial charge in [0.2, 0.25) is 0 Å². The second-order valence-electron chi connectivity index (χ2n) is 6.49. The summed E-state index contributed by atoms with van der Waals surface area (Å²) in [6, 6.07) is 12.0. The SMILES string of the molecule is Cc1cc(C)cc(OC(C)C(=O)NCCOc2cc(C)ccc2C)c1. The molecule has 0 saturated carbocycles. The molecule has 1 atom stereocenters. The molecule has 2 aromatic carbocycles. The van der Waals surface area contributed by atoms with Crippen molar-refractivity contribution in [2.75, 3.05) is 13.2 Å². The van der Waals surface area contributed by atoms with Gasteiger partial charge in [0.1, 0.15) is 18.1 Å². The first-order chi connectivity index (χ1) is 11.8. The van der Waals surface area contributed by atoms with Gasteiger partial charge >= 0.3 is 0 Å². The predicted octanol–water partition coefficient (Wildman–Crippen LogP) is 3.88. The van der Waals surface area contributed by atoms with Gasteiger partial charge in [0.05, 0.1) is 6.54 Å². The molecular weight excluding hydrogens is 314 g/mol. The predicted molar refractivity (Wildman–Crippen MR) is 100 cm³/mol. The quantitative estimate of drug-likeness (QED) is 0.778. The lowest BCUT2D eigenvalue weighted by molar-refractivity contribution is -0.127. The highest BCUT2D eigenvalue weighted by molar-refractivity contribution is 5.80. The molecule has 0 spiro atoms. The zero-order valence-corrected chi connectivity index (χ0v) is 15.7. The van der Waals surface area contributed by atoms with Crippen molar-refractivity contribution in [3.63, 3.8) is 0 Å². The molecule has 25 heavy (non-hydrogen) atoms. The maximum atomic E-state index is 12.2. The van der Waals surface area contributed by atoms with Gasteiger partial charge in [-0.1, -0.05) is 18.2 Å². The molecule has 2 aromatic rings. The Hall–Kier alpha value is -2.49. The third kappa shape index (κ3) is 5.82. The third-order valence-corrected chi connectivity index (χ3v) is 3.88. The minimum atomic E-state index is -0.554. The molecule has 4 heteroatoms. The van der Waals surface area contributed by atoms with Crippen LogP contribution in [-0.2, 0) is 4.79 Å². The normalized spacial score (nSPS) is 11.7. The van der Waals surface area contributed by atoms with Crippen LogP contribution in [0.2, 0.25) is 0 Å². The van der Waals surface area contributed by atoms with Crippen molar-refractivity contribution in [1.29, 1.82) is 0 Å². The van der Waals surface area contributed by atoms with Gasteiger partial charge < -0.3 is 14.8 Å². The lowest BCUT2D eigenvalue weighted by Gasteiger charge is -2.16. The van der Waals surface area contributed by atoms with E-state index in [4.69, 9.17) is 9.47 Å². The third-order valence-electron chi connectivity index (χ3n) is 3.88. The van der Waals surface area contributed by atoms with E-state index in [0.717, 1.165) is 28.0 Å². The molecule has 0 aliphatic heterocycles. The van der Waals surface area contributed by atoms with Crippen LogP contribution in [0.5, 0.6) is 11.5 Å². The molecule has 4 nitrogen and oxygen atoms in total. The van der Waals surface area contributed by atoms with Gasteiger partial charge in [0, 0.05) is 0 Å². The monoisotopic (exact) mass is 341 g/mol. The summed E-state index contributed by atoms with van der Waals surface area (Å²) in [6.45, 7) is 10.7. The Kier molecular flexibility index (Phi) is 6.45. The Labute approximate surface area is 150 Å². The number of hydrogen-bond donors (Lipinski definition) is 1. The van der Waals surface area contributed by atoms with Crippen LogP contribution in [0, 0.1) is 27.7 Å². The number of carbonyl (C=O) groups is 1. The molecule has 0 aliphatic carbocycles. The highest BCUT2D eigenvalue weighted by Crippen LogP contribution is 2.19. The zero-order valence-electron chi connectivity index (χ0n) is 15.7. The maximum absolute atomic E-state index is 12.2. The number of aryl methyl sites for hydroxylation is 4. The fourth-order valence-corrected chi connectivity index (χ4v) is 2.60. The van der Waals surface area contributed by atoms with Gasteiger partial charge in [-0.2, -0.15) is 0 Å². The second-order valence-corrected chi connectivity index (χ2v) is 6.49. The van der Waals surface area contributed by atoms with E-state index in [1.54, 1.807) is 6.92 Å². The van der Waals surface area contributed by atoms with E-state index < -0.39 is 6.10 Å². The van der Waals surface area contributed by atoms with E-state index in [1.165, 1.54) is 0 Å². The molecule has 1 amide bonds. The molecule has 0 radical (unpaired) electrons. The van der Waals surface area contributed by atoms with Crippen LogP contribution in [0.1, 0.15) is 29.2 Å². The molecule has 0 heterocycles. The minimum absolute atomic E-state index is 0.149. The molecule has 134 valence electrons. The Balaban J connectivity index is 1.78. The summed E-state index contributed by atoms with van der Waals surface area (Å²) in [7, 11) is 0. The largest absolute Gasteiger partial charge is 0.491 e. The van der Waals surface area contributed by atoms with E-state index in [2.05, 4.69) is 17.4 Å². The van der Waals surface area contributed by atoms with Gasteiger partial charge in [0.25, 0.3) is 5.91 Å². The Bertz CT molecular complexity index is 720. The van der Waals surface area contributed by atoms with Gasteiger partial charge in [-0.05, 0) is 75.1 Å². The average molecular weight is 341 g/mol. The first-order valence-corrected chi connectivity index (χ1v) is 8.58. The first kappa shape index (κ1) is 18.8. The number of nitrogens with one attached hydrogen (secondary N) is 1. The number of amides is 1. The van der Waals surface area contributed by atoms with Crippen molar-refractivity contribution >= 4 is 5.91 Å². The Morgan fingerprint density at radius 3 is 2.36 bits per heavy atom. The maximum Gasteiger partial charge on any atom is 0.260 e. The van der Waals surface area contributed by atoms with Crippen molar-refractivity contribution in [2.24, 2.45) is 0 Å². The van der Waals surface area contributed by atoms with Crippen molar-refractivity contribution in [2.45, 2.75) is 40.7 Å². The van der Waals surface area contributed by atoms with Crippen molar-refractivity contribution in [3.05, 3.63) is 58.7 Å². The molecule has 0 aromatic heterocycles. The van der Waals surface area contributed by atoms with Gasteiger partial charge in [-0.3, -0.25) is 4.79 Å². The standard InChI is InChI=1S/C21H27NO3/c1-14-6-7-17(4)20(13-14)24-9-8-22-21(23)18(5)25-19-11-15(2)10-16(3)12-19/h6-7,10-13,18H,8-9H2,1-5H3,(H,22,23). The molecule has 1 N–H and O–H groups in total. The van der Waals surface area contributed by atoms with Crippen molar-refractivity contribution in [1.82, 2.24) is 5.32 Å². The van der Waals surface area contributed by atoms with Crippen LogP contribution in [0.3, 0.4) is 0 Å². The summed E-state index contributed by atoms with van der Waals surface area (Å²) < 4.78 is 11.5. The topological polar surface area (TPSA) is 47.6 Å². The van der Waals surface area contributed by atoms with E-state index in [9.17, 15) is 4.79 Å². The highest BCUT2D eigenvalue weighted by Gasteiger charge is 2.14. The van der Waals surface area contributed by atoms with Gasteiger partial charge in [0.15, 0.2) is 6.10 Å². The molecule has 2 rings (SSSR count). The zero-order chi connectivity index (χ0) is 18.4. The van der Waals surface area contributed by atoms with Crippen molar-refractivity contribution in [3.8, 4) is 11.5 Å². The number of ether oxygens (including phenoxy) is 2. The summed E-state index contributed by atoms with van der Waals surface area (Å²) in [6.07, 6.45) is -0.554. The number of carbonyl (C=O) groups excluding carboxylic acids is 1. The number of benzene rings is 2. The summed E-state index contributed by atoms with van der Waals surface area (Å²) in [5.41, 5.74) is 4.47. The van der Waals surface area contributed by atoms with Gasteiger partial charge in [-0.25, -0.2) is 0 Å². The van der Waals surface area contributed by atoms with Crippen molar-refractivity contribution < 1.29 is 14.3 Å². The summed E-state index contributed by atoms with van der Waals surface area (Å²) in [4.78, 5) is 12.2. The van der Waals surface area contributed by atoms with E-state index in [-0.39, 0.29) is 5.91 Å². The number of rotatable bonds is 7. The van der Waals surface area contributed by atoms with Crippen LogP contribution in [0.15, 0.2) is 36.4 Å². The smallest absolute Gasteiger partial charge is 0.260 e. The highest BCUT2D eigenvalue weighted by atomic mass is 16.5. The molecular formula is C21H27NO3. The fraction of sp³-hybridized carbons (Fsp3) is 0.381. The lowest BCUT2D eigenvalue weighted by atomic mass is 10.1. The van der Waals surface area contributed by atoms with E-state index in [1.807, 2.05) is 52.0 Å². The molecule has 0 bridgehead atoms. The Morgan fingerprint density at radius 2 is 1.68 bits per heavy atom. The number of hydrogen-bond acceptors (Lipinski definition) is 3. The first-order valence-electron chi connectivity index (χ1n) is 8.58. The molecule has 1 unspecified atom stereocenters. The molecule has 0 fully saturated rings. The Morgan fingerprint density at radius 1 is 1.00 bits per heavy atom. The minimum Gasteiger partial charge on any atom is -0.491 e. The lowest BCUT2D eigenvalue weighted by Crippen LogP contribution is -2.38. The van der Waals surface area contributed by atoms with Gasteiger partial charge in [-0.15, -0.1) is 0 Å². The van der Waals surface area contributed by atoms with Crippen LogP contribution >= 0.6 is 0 Å². The van der Waals surface area contributed by atoms with E-state index >= 15 is 0 Å². The average Bonchev–Trinajstić information content (AvgIpc) is 2.53. The fourth-order valence-electron chi connectivity index (χ4n) is 2.60. The summed E-state index contributed by atoms with van der Waals surface area (Å²) in [5.74, 6) is 1.42. The van der Waals surface area contributed by atoms with Crippen LogP contribution in [0.25, 0.3) is 0 Å². The van der Waals surface area contributed by atoms with Crippen LogP contribution in [-0.4, -0.2) is 25.2 Å². The summed E-state index contributed by atoms with van der Waals surface area (Å²) >= 11 is 0. The molecule has 0 aliphatic rings. The van der Waals surface area contributed by atoms with Crippen LogP contribution in [0.4, 0.5) is 0 Å². The summed E-state index contributed by atoms with van der Waals surface area (Å²) in [5, 5.41) is 2.85.